The third-order valence-electron chi connectivity index (χ3n) is 1.79. The van der Waals surface area contributed by atoms with Gasteiger partial charge in [0.1, 0.15) is 0 Å². The fourth-order valence-corrected chi connectivity index (χ4v) is 5.93. The lowest BCUT2D eigenvalue weighted by molar-refractivity contribution is 0.0912. The molecule has 5 heteroatoms. The molecule has 0 aromatic rings. The van der Waals surface area contributed by atoms with Crippen molar-refractivity contribution in [2.24, 2.45) is 0 Å². The highest BCUT2D eigenvalue weighted by molar-refractivity contribution is 8.26. The molecule has 96 valence electrons. The molecular formula is C11H24O3SSi. The largest absolute Gasteiger partial charge is 0.573 e. The van der Waals surface area contributed by atoms with Gasteiger partial charge in [0.25, 0.3) is 0 Å². The quantitative estimate of drug-likeness (QED) is 0.325. The molecule has 0 bridgehead atoms. The Morgan fingerprint density at radius 2 is 1.75 bits per heavy atom. The number of hydrogen-bond acceptors (Lipinski definition) is 4. The van der Waals surface area contributed by atoms with Gasteiger partial charge in [-0.25, -0.2) is 0 Å². The number of unbranched alkanes of at least 4 members (excludes halogenated alkanes) is 1. The number of rotatable bonds is 11. The Morgan fingerprint density at radius 3 is 2.19 bits per heavy atom. The molecule has 0 N–H and O–H groups in total. The van der Waals surface area contributed by atoms with Gasteiger partial charge in [-0.1, -0.05) is 24.2 Å². The highest BCUT2D eigenvalue weighted by atomic mass is 32.4. The molecule has 0 saturated carbocycles. The Labute approximate surface area is 105 Å². The lowest BCUT2D eigenvalue weighted by Gasteiger charge is -2.27. The Kier molecular flexibility index (Phi) is 10.5. The second kappa shape index (κ2) is 10.3. The van der Waals surface area contributed by atoms with E-state index in [2.05, 4.69) is 13.5 Å². The van der Waals surface area contributed by atoms with Crippen LogP contribution < -0.4 is 0 Å². The minimum atomic E-state index is -2.46. The fourth-order valence-electron chi connectivity index (χ4n) is 1.21. The predicted octanol–water partition coefficient (Wildman–Crippen LogP) is 3.23. The van der Waals surface area contributed by atoms with E-state index in [4.69, 9.17) is 13.3 Å². The van der Waals surface area contributed by atoms with Crippen molar-refractivity contribution in [3.8, 4) is 0 Å². The molecule has 0 aliphatic heterocycles. The summed E-state index contributed by atoms with van der Waals surface area (Å²) in [5.74, 6) is 0.952. The summed E-state index contributed by atoms with van der Waals surface area (Å²) in [6.07, 6.45) is 3.85. The number of allylic oxidation sites excluding steroid dienone is 1. The van der Waals surface area contributed by atoms with Crippen LogP contribution in [0.5, 0.6) is 0 Å². The first-order valence-electron chi connectivity index (χ1n) is 5.91. The van der Waals surface area contributed by atoms with Crippen LogP contribution in [-0.2, 0) is 13.3 Å². The molecular weight excluding hydrogens is 240 g/mol. The monoisotopic (exact) mass is 264 g/mol. The highest BCUT2D eigenvalue weighted by Crippen LogP contribution is 2.24. The van der Waals surface area contributed by atoms with Gasteiger partial charge in [-0.05, 0) is 32.4 Å². The summed E-state index contributed by atoms with van der Waals surface area (Å²) in [4.78, 5) is 0. The van der Waals surface area contributed by atoms with E-state index >= 15 is 0 Å². The van der Waals surface area contributed by atoms with Gasteiger partial charge < -0.3 is 13.3 Å². The molecule has 0 amide bonds. The fraction of sp³-hybridized carbons (Fsp3) is 0.818. The summed E-state index contributed by atoms with van der Waals surface area (Å²) in [5.41, 5.74) is 0. The molecule has 3 nitrogen and oxygen atoms in total. The van der Waals surface area contributed by atoms with Crippen LogP contribution in [0.4, 0.5) is 0 Å². The molecule has 0 atom stereocenters. The maximum absolute atomic E-state index is 5.86. The minimum Gasteiger partial charge on any atom is -0.366 e. The van der Waals surface area contributed by atoms with Crippen molar-refractivity contribution in [2.45, 2.75) is 33.6 Å². The zero-order valence-corrected chi connectivity index (χ0v) is 12.5. The van der Waals surface area contributed by atoms with E-state index in [0.29, 0.717) is 19.8 Å². The van der Waals surface area contributed by atoms with Gasteiger partial charge in [-0.15, -0.1) is 6.58 Å². The molecule has 0 spiro atoms. The van der Waals surface area contributed by atoms with Gasteiger partial charge in [0, 0.05) is 19.8 Å². The maximum atomic E-state index is 5.86. The third-order valence-corrected chi connectivity index (χ3v) is 7.27. The second-order valence-electron chi connectivity index (χ2n) is 3.08. The molecule has 0 aromatic heterocycles. The molecule has 0 rings (SSSR count). The average Bonchev–Trinajstić information content (AvgIpc) is 2.26. The second-order valence-corrected chi connectivity index (χ2v) is 8.18. The first-order chi connectivity index (χ1) is 7.74. The zero-order chi connectivity index (χ0) is 12.3. The molecule has 0 radical (unpaired) electrons. The Bertz CT molecular complexity index is 162. The van der Waals surface area contributed by atoms with E-state index < -0.39 is 7.95 Å². The summed E-state index contributed by atoms with van der Waals surface area (Å²) < 4.78 is 17.3. The van der Waals surface area contributed by atoms with E-state index in [1.807, 2.05) is 19.9 Å². The van der Waals surface area contributed by atoms with Gasteiger partial charge in [0.15, 0.2) is 0 Å². The smallest absolute Gasteiger partial charge is 0.366 e. The Balaban J connectivity index is 4.17. The van der Waals surface area contributed by atoms with Gasteiger partial charge in [0.2, 0.25) is 0 Å². The van der Waals surface area contributed by atoms with Crippen LogP contribution in [0, 0.1) is 0 Å². The first kappa shape index (κ1) is 16.2. The van der Waals surface area contributed by atoms with Gasteiger partial charge in [-0.2, -0.15) is 0 Å². The first-order valence-corrected chi connectivity index (χ1v) is 9.34. The van der Waals surface area contributed by atoms with Gasteiger partial charge in [-0.3, -0.25) is 0 Å². The normalized spacial score (nSPS) is 11.7. The van der Waals surface area contributed by atoms with Crippen molar-refractivity contribution < 1.29 is 13.3 Å². The third kappa shape index (κ3) is 6.70. The molecule has 0 aliphatic rings. The molecule has 0 fully saturated rings. The lowest BCUT2D eigenvalue weighted by Crippen LogP contribution is -2.43. The van der Waals surface area contributed by atoms with Crippen molar-refractivity contribution in [1.29, 1.82) is 0 Å². The molecule has 16 heavy (non-hydrogen) atoms. The summed E-state index contributed by atoms with van der Waals surface area (Å²) in [6, 6.07) is 0. The van der Waals surface area contributed by atoms with E-state index in [1.165, 1.54) is 0 Å². The van der Waals surface area contributed by atoms with E-state index in [-0.39, 0.29) is 0 Å². The molecule has 0 aromatic carbocycles. The summed E-state index contributed by atoms with van der Waals surface area (Å²) in [6.45, 7) is 11.7. The number of hydrogen-bond donors (Lipinski definition) is 0. The highest BCUT2D eigenvalue weighted by Gasteiger charge is 2.41. The summed E-state index contributed by atoms with van der Waals surface area (Å²) >= 11 is 1.68. The Morgan fingerprint density at radius 1 is 1.12 bits per heavy atom. The van der Waals surface area contributed by atoms with E-state index in [1.54, 1.807) is 11.2 Å². The van der Waals surface area contributed by atoms with Crippen LogP contribution >= 0.6 is 11.2 Å². The van der Waals surface area contributed by atoms with Crippen LogP contribution in [0.3, 0.4) is 0 Å². The summed E-state index contributed by atoms with van der Waals surface area (Å²) in [5, 5.41) is 0. The topological polar surface area (TPSA) is 27.7 Å². The van der Waals surface area contributed by atoms with E-state index in [0.717, 1.165) is 18.6 Å². The predicted molar refractivity (Wildman–Crippen MR) is 72.5 cm³/mol. The maximum Gasteiger partial charge on any atom is 0.573 e. The Hall–Kier alpha value is 0.187. The van der Waals surface area contributed by atoms with Crippen molar-refractivity contribution in [1.82, 2.24) is 0 Å². The zero-order valence-electron chi connectivity index (χ0n) is 10.7. The standard InChI is InChI=1S/C11H24O3SSi/c1-5-9-10-11-14-16(12-6-2,13-7-3)15-8-4/h5H,1,6-11H2,2-4H3. The average molecular weight is 264 g/mol. The van der Waals surface area contributed by atoms with Gasteiger partial charge >= 0.3 is 7.95 Å². The molecule has 0 heterocycles. The van der Waals surface area contributed by atoms with Crippen LogP contribution in [0.15, 0.2) is 12.7 Å². The van der Waals surface area contributed by atoms with Crippen molar-refractivity contribution in [3.05, 3.63) is 12.7 Å². The lowest BCUT2D eigenvalue weighted by atomic mass is 10.3. The van der Waals surface area contributed by atoms with Gasteiger partial charge in [0.05, 0.1) is 0 Å². The van der Waals surface area contributed by atoms with Crippen LogP contribution in [0.25, 0.3) is 0 Å². The van der Waals surface area contributed by atoms with E-state index in [9.17, 15) is 0 Å². The van der Waals surface area contributed by atoms with Crippen LogP contribution in [0.2, 0.25) is 0 Å². The van der Waals surface area contributed by atoms with Crippen LogP contribution in [-0.4, -0.2) is 33.5 Å². The molecule has 0 saturated heterocycles. The SMILES string of the molecule is C=CCCCO[Si](OCC)(OCC)SCC. The van der Waals surface area contributed by atoms with Crippen molar-refractivity contribution in [2.75, 3.05) is 25.6 Å². The summed E-state index contributed by atoms with van der Waals surface area (Å²) in [7, 11) is -2.46. The molecule has 0 unspecified atom stereocenters. The molecule has 0 aliphatic carbocycles. The van der Waals surface area contributed by atoms with Crippen molar-refractivity contribution in [3.63, 3.8) is 0 Å². The van der Waals surface area contributed by atoms with Crippen LogP contribution in [0.1, 0.15) is 33.6 Å². The minimum absolute atomic E-state index is 0.640. The van der Waals surface area contributed by atoms with Crippen molar-refractivity contribution >= 4 is 19.2 Å².